The van der Waals surface area contributed by atoms with Gasteiger partial charge in [-0.05, 0) is 12.1 Å². The van der Waals surface area contributed by atoms with Crippen LogP contribution < -0.4 is 4.90 Å². The highest BCUT2D eigenvalue weighted by molar-refractivity contribution is 6.43. The number of benzene rings is 1. The van der Waals surface area contributed by atoms with Crippen LogP contribution in [0.15, 0.2) is 18.2 Å². The predicted molar refractivity (Wildman–Crippen MR) is 73.1 cm³/mol. The average molecular weight is 306 g/mol. The topological polar surface area (TPSA) is 77.8 Å². The van der Waals surface area contributed by atoms with Crippen molar-refractivity contribution in [1.82, 2.24) is 0 Å². The van der Waals surface area contributed by atoms with Gasteiger partial charge in [0.25, 0.3) is 0 Å². The zero-order chi connectivity index (χ0) is 14.6. The third-order valence-corrected chi connectivity index (χ3v) is 3.32. The van der Waals surface area contributed by atoms with Crippen molar-refractivity contribution in [3.05, 3.63) is 28.2 Å². The summed E-state index contributed by atoms with van der Waals surface area (Å²) in [6, 6.07) is 4.81. The molecule has 2 N–H and O–H groups in total. The minimum Gasteiger partial charge on any atom is -0.481 e. The Labute approximate surface area is 120 Å². The first-order valence-electron chi connectivity index (χ1n) is 5.46. The SMILES string of the molecule is CC(CN(CC(=O)O)c1cccc(Cl)c1Cl)C(=O)O. The smallest absolute Gasteiger partial charge is 0.323 e. The van der Waals surface area contributed by atoms with E-state index in [1.807, 2.05) is 0 Å². The second-order valence-electron chi connectivity index (χ2n) is 4.09. The zero-order valence-electron chi connectivity index (χ0n) is 10.1. The van der Waals surface area contributed by atoms with E-state index in [0.717, 1.165) is 0 Å². The fourth-order valence-electron chi connectivity index (χ4n) is 1.56. The average Bonchev–Trinajstić information content (AvgIpc) is 2.31. The fraction of sp³-hybridized carbons (Fsp3) is 0.333. The standard InChI is InChI=1S/C12H13Cl2NO4/c1-7(12(18)19)5-15(6-10(16)17)9-4-2-3-8(13)11(9)14/h2-4,7H,5-6H2,1H3,(H,16,17)(H,18,19). The molecule has 0 aromatic heterocycles. The van der Waals surface area contributed by atoms with Crippen LogP contribution in [-0.2, 0) is 9.59 Å². The maximum Gasteiger partial charge on any atom is 0.323 e. The summed E-state index contributed by atoms with van der Waals surface area (Å²) in [6.45, 7) is 1.18. The lowest BCUT2D eigenvalue weighted by Gasteiger charge is -2.26. The molecule has 19 heavy (non-hydrogen) atoms. The Bertz CT molecular complexity index is 493. The Balaban J connectivity index is 3.05. The molecule has 5 nitrogen and oxygen atoms in total. The summed E-state index contributed by atoms with van der Waals surface area (Å²) in [5.41, 5.74) is 0.407. The van der Waals surface area contributed by atoms with E-state index in [0.29, 0.717) is 5.69 Å². The van der Waals surface area contributed by atoms with Gasteiger partial charge in [0.2, 0.25) is 0 Å². The molecule has 1 unspecified atom stereocenters. The largest absolute Gasteiger partial charge is 0.481 e. The van der Waals surface area contributed by atoms with Crippen LogP contribution in [-0.4, -0.2) is 35.2 Å². The third kappa shape index (κ3) is 4.29. The molecule has 104 valence electrons. The highest BCUT2D eigenvalue weighted by atomic mass is 35.5. The van der Waals surface area contributed by atoms with Gasteiger partial charge in [0.15, 0.2) is 0 Å². The Kier molecular flexibility index (Phi) is 5.44. The van der Waals surface area contributed by atoms with Gasteiger partial charge >= 0.3 is 11.9 Å². The van der Waals surface area contributed by atoms with Gasteiger partial charge in [-0.15, -0.1) is 0 Å². The first kappa shape index (κ1) is 15.6. The number of halogens is 2. The summed E-state index contributed by atoms with van der Waals surface area (Å²) < 4.78 is 0. The van der Waals surface area contributed by atoms with Crippen LogP contribution in [0.3, 0.4) is 0 Å². The van der Waals surface area contributed by atoms with Crippen LogP contribution >= 0.6 is 23.2 Å². The summed E-state index contributed by atoms with van der Waals surface area (Å²) in [5.74, 6) is -2.81. The molecule has 0 aliphatic carbocycles. The van der Waals surface area contributed by atoms with E-state index in [-0.39, 0.29) is 23.1 Å². The molecule has 7 heteroatoms. The van der Waals surface area contributed by atoms with Crippen LogP contribution in [0.1, 0.15) is 6.92 Å². The van der Waals surface area contributed by atoms with Gasteiger partial charge in [0.1, 0.15) is 6.54 Å². The molecular formula is C12H13Cl2NO4. The van der Waals surface area contributed by atoms with E-state index < -0.39 is 17.9 Å². The van der Waals surface area contributed by atoms with E-state index in [4.69, 9.17) is 33.4 Å². The summed E-state index contributed by atoms with van der Waals surface area (Å²) in [4.78, 5) is 23.1. The van der Waals surface area contributed by atoms with Crippen molar-refractivity contribution in [2.24, 2.45) is 5.92 Å². The number of hydrogen-bond acceptors (Lipinski definition) is 3. The summed E-state index contributed by atoms with van der Waals surface area (Å²) >= 11 is 11.9. The molecule has 0 saturated heterocycles. The van der Waals surface area contributed by atoms with Gasteiger partial charge in [0, 0.05) is 6.54 Å². The second kappa shape index (κ2) is 6.63. The van der Waals surface area contributed by atoms with E-state index >= 15 is 0 Å². The van der Waals surface area contributed by atoms with Crippen LogP contribution in [0, 0.1) is 5.92 Å². The van der Waals surface area contributed by atoms with Crippen molar-refractivity contribution < 1.29 is 19.8 Å². The van der Waals surface area contributed by atoms with Gasteiger partial charge in [-0.3, -0.25) is 9.59 Å². The molecule has 0 aliphatic rings. The van der Waals surface area contributed by atoms with Gasteiger partial charge in [-0.2, -0.15) is 0 Å². The first-order chi connectivity index (χ1) is 8.82. The number of carboxylic acids is 2. The quantitative estimate of drug-likeness (QED) is 0.844. The van der Waals surface area contributed by atoms with Crippen LogP contribution in [0.2, 0.25) is 10.0 Å². The van der Waals surface area contributed by atoms with Gasteiger partial charge in [-0.1, -0.05) is 36.2 Å². The summed E-state index contributed by atoms with van der Waals surface area (Å²) in [7, 11) is 0. The molecule has 0 spiro atoms. The van der Waals surface area contributed by atoms with Gasteiger partial charge < -0.3 is 15.1 Å². The summed E-state index contributed by atoms with van der Waals surface area (Å²) in [6.07, 6.45) is 0. The first-order valence-corrected chi connectivity index (χ1v) is 6.22. The van der Waals surface area contributed by atoms with E-state index in [1.54, 1.807) is 18.2 Å². The van der Waals surface area contributed by atoms with Crippen molar-refractivity contribution in [3.63, 3.8) is 0 Å². The molecule has 0 amide bonds. The number of carboxylic acid groups (broad SMARTS) is 2. The molecule has 0 bridgehead atoms. The van der Waals surface area contributed by atoms with Crippen molar-refractivity contribution in [2.75, 3.05) is 18.0 Å². The Morgan fingerprint density at radius 3 is 2.47 bits per heavy atom. The predicted octanol–water partition coefficient (Wildman–Crippen LogP) is 2.61. The lowest BCUT2D eigenvalue weighted by Crippen LogP contribution is -2.36. The van der Waals surface area contributed by atoms with E-state index in [1.165, 1.54) is 11.8 Å². The van der Waals surface area contributed by atoms with Gasteiger partial charge in [-0.25, -0.2) is 0 Å². The Morgan fingerprint density at radius 2 is 1.95 bits per heavy atom. The number of aliphatic carboxylic acids is 2. The molecule has 0 saturated carbocycles. The molecule has 0 aliphatic heterocycles. The van der Waals surface area contributed by atoms with E-state index in [2.05, 4.69) is 0 Å². The number of nitrogens with zero attached hydrogens (tertiary/aromatic N) is 1. The Hall–Kier alpha value is -1.46. The monoisotopic (exact) mass is 305 g/mol. The van der Waals surface area contributed by atoms with Crippen molar-refractivity contribution >= 4 is 40.8 Å². The van der Waals surface area contributed by atoms with E-state index in [9.17, 15) is 9.59 Å². The normalized spacial score (nSPS) is 11.9. The van der Waals surface area contributed by atoms with Crippen molar-refractivity contribution in [1.29, 1.82) is 0 Å². The highest BCUT2D eigenvalue weighted by Gasteiger charge is 2.21. The highest BCUT2D eigenvalue weighted by Crippen LogP contribution is 2.32. The molecule has 1 aromatic carbocycles. The molecule has 1 aromatic rings. The third-order valence-electron chi connectivity index (χ3n) is 2.51. The van der Waals surface area contributed by atoms with Gasteiger partial charge in [0.05, 0.1) is 21.7 Å². The number of rotatable bonds is 6. The van der Waals surface area contributed by atoms with Crippen molar-refractivity contribution in [3.8, 4) is 0 Å². The lowest BCUT2D eigenvalue weighted by atomic mass is 10.1. The maximum atomic E-state index is 10.9. The number of carbonyl (C=O) groups is 2. The minimum absolute atomic E-state index is 0.0295. The van der Waals surface area contributed by atoms with Crippen molar-refractivity contribution in [2.45, 2.75) is 6.92 Å². The maximum absolute atomic E-state index is 10.9. The lowest BCUT2D eigenvalue weighted by molar-refractivity contribution is -0.141. The molecule has 0 fully saturated rings. The summed E-state index contributed by atoms with van der Waals surface area (Å²) in [5, 5.41) is 18.3. The zero-order valence-corrected chi connectivity index (χ0v) is 11.6. The van der Waals surface area contributed by atoms with Crippen LogP contribution in [0.5, 0.6) is 0 Å². The minimum atomic E-state index is -1.08. The number of anilines is 1. The molecular weight excluding hydrogens is 293 g/mol. The number of hydrogen-bond donors (Lipinski definition) is 2. The van der Waals surface area contributed by atoms with Crippen LogP contribution in [0.25, 0.3) is 0 Å². The van der Waals surface area contributed by atoms with Crippen LogP contribution in [0.4, 0.5) is 5.69 Å². The fourth-order valence-corrected chi connectivity index (χ4v) is 1.97. The molecule has 1 atom stereocenters. The molecule has 0 heterocycles. The molecule has 1 rings (SSSR count). The Morgan fingerprint density at radius 1 is 1.32 bits per heavy atom. The second-order valence-corrected chi connectivity index (χ2v) is 4.87. The molecule has 0 radical (unpaired) electrons.